The highest BCUT2D eigenvalue weighted by atomic mass is 32.2. The molecular formula is C9H18N4O2S. The molecular weight excluding hydrogens is 228 g/mol. The zero-order chi connectivity index (χ0) is 12.2. The van der Waals surface area contributed by atoms with Crippen molar-refractivity contribution in [1.82, 2.24) is 19.8 Å². The molecule has 1 rings (SSSR count). The van der Waals surface area contributed by atoms with Crippen LogP contribution in [-0.2, 0) is 10.0 Å². The molecule has 92 valence electrons. The number of nitrogens with one attached hydrogen (secondary N) is 2. The van der Waals surface area contributed by atoms with Crippen molar-refractivity contribution in [2.75, 3.05) is 26.4 Å². The van der Waals surface area contributed by atoms with Gasteiger partial charge in [0.2, 0.25) is 10.0 Å². The first kappa shape index (κ1) is 13.1. The minimum absolute atomic E-state index is 0.0693. The van der Waals surface area contributed by atoms with Crippen molar-refractivity contribution >= 4 is 10.0 Å². The van der Waals surface area contributed by atoms with Gasteiger partial charge in [-0.3, -0.25) is 5.10 Å². The second kappa shape index (κ2) is 5.42. The minimum Gasteiger partial charge on any atom is -0.308 e. The van der Waals surface area contributed by atoms with Crippen LogP contribution in [0.15, 0.2) is 12.3 Å². The van der Waals surface area contributed by atoms with E-state index >= 15 is 0 Å². The summed E-state index contributed by atoms with van der Waals surface area (Å²) in [5.41, 5.74) is 0.947. The zero-order valence-electron chi connectivity index (χ0n) is 9.77. The molecule has 0 aliphatic rings. The molecule has 0 aromatic carbocycles. The number of nitrogens with zero attached hydrogens (tertiary/aromatic N) is 2. The second-order valence-corrected chi connectivity index (χ2v) is 6.09. The zero-order valence-corrected chi connectivity index (χ0v) is 10.6. The maximum atomic E-state index is 11.5. The molecule has 1 aromatic heterocycles. The first-order chi connectivity index (χ1) is 7.43. The van der Waals surface area contributed by atoms with E-state index < -0.39 is 10.0 Å². The molecule has 16 heavy (non-hydrogen) atoms. The third-order valence-corrected chi connectivity index (χ3v) is 4.19. The SMILES string of the molecule is CC(NCCS(=O)(=O)N(C)C)c1ccn[nH]1. The van der Waals surface area contributed by atoms with Crippen LogP contribution in [0.3, 0.4) is 0 Å². The molecule has 2 N–H and O–H groups in total. The van der Waals surface area contributed by atoms with E-state index in [1.807, 2.05) is 13.0 Å². The molecule has 0 saturated heterocycles. The fraction of sp³-hybridized carbons (Fsp3) is 0.667. The molecule has 1 atom stereocenters. The van der Waals surface area contributed by atoms with Gasteiger partial charge in [-0.05, 0) is 13.0 Å². The lowest BCUT2D eigenvalue weighted by Crippen LogP contribution is -2.32. The Balaban J connectivity index is 2.37. The lowest BCUT2D eigenvalue weighted by Gasteiger charge is -2.14. The average Bonchev–Trinajstić information content (AvgIpc) is 2.69. The monoisotopic (exact) mass is 246 g/mol. The minimum atomic E-state index is -3.12. The summed E-state index contributed by atoms with van der Waals surface area (Å²) in [6.07, 6.45) is 1.67. The van der Waals surface area contributed by atoms with Crippen LogP contribution in [0, 0.1) is 0 Å². The first-order valence-corrected chi connectivity index (χ1v) is 6.67. The van der Waals surface area contributed by atoms with Gasteiger partial charge < -0.3 is 5.32 Å². The second-order valence-electron chi connectivity index (χ2n) is 3.79. The van der Waals surface area contributed by atoms with E-state index in [4.69, 9.17) is 0 Å². The summed E-state index contributed by atoms with van der Waals surface area (Å²) in [6, 6.07) is 1.93. The fourth-order valence-electron chi connectivity index (χ4n) is 1.20. The van der Waals surface area contributed by atoms with Crippen LogP contribution in [0.25, 0.3) is 0 Å². The number of hydrogen-bond acceptors (Lipinski definition) is 4. The molecule has 0 fully saturated rings. The highest BCUT2D eigenvalue weighted by Crippen LogP contribution is 2.06. The maximum Gasteiger partial charge on any atom is 0.214 e. The molecule has 6 nitrogen and oxygen atoms in total. The van der Waals surface area contributed by atoms with Gasteiger partial charge >= 0.3 is 0 Å². The van der Waals surface area contributed by atoms with E-state index in [2.05, 4.69) is 15.5 Å². The molecule has 0 saturated carbocycles. The maximum absolute atomic E-state index is 11.5. The Bertz CT molecular complexity index is 399. The van der Waals surface area contributed by atoms with Crippen LogP contribution in [-0.4, -0.2) is 49.3 Å². The molecule has 1 unspecified atom stereocenters. The standard InChI is InChI=1S/C9H18N4O2S/c1-8(9-4-5-11-12-9)10-6-7-16(14,15)13(2)3/h4-5,8,10H,6-7H2,1-3H3,(H,11,12). The summed E-state index contributed by atoms with van der Waals surface area (Å²) in [4.78, 5) is 0. The van der Waals surface area contributed by atoms with Crippen molar-refractivity contribution in [2.24, 2.45) is 0 Å². The number of aromatic nitrogens is 2. The van der Waals surface area contributed by atoms with Gasteiger partial charge in [-0.15, -0.1) is 0 Å². The summed E-state index contributed by atoms with van der Waals surface area (Å²) in [5, 5.41) is 9.79. The summed E-state index contributed by atoms with van der Waals surface area (Å²) in [5.74, 6) is 0.0957. The van der Waals surface area contributed by atoms with Gasteiger partial charge in [-0.1, -0.05) is 0 Å². The van der Waals surface area contributed by atoms with Crippen molar-refractivity contribution in [3.05, 3.63) is 18.0 Å². The van der Waals surface area contributed by atoms with Gasteiger partial charge in [0.05, 0.1) is 11.4 Å². The van der Waals surface area contributed by atoms with E-state index in [-0.39, 0.29) is 11.8 Å². The van der Waals surface area contributed by atoms with Crippen molar-refractivity contribution in [2.45, 2.75) is 13.0 Å². The molecule has 1 heterocycles. The smallest absolute Gasteiger partial charge is 0.214 e. The third kappa shape index (κ3) is 3.58. The largest absolute Gasteiger partial charge is 0.308 e. The summed E-state index contributed by atoms with van der Waals surface area (Å²) in [7, 11) is -0.0469. The van der Waals surface area contributed by atoms with Crippen LogP contribution in [0.1, 0.15) is 18.7 Å². The highest BCUT2D eigenvalue weighted by molar-refractivity contribution is 7.89. The Kier molecular flexibility index (Phi) is 4.45. The molecule has 0 amide bonds. The van der Waals surface area contributed by atoms with Crippen LogP contribution in [0.4, 0.5) is 0 Å². The van der Waals surface area contributed by atoms with Crippen LogP contribution in [0.5, 0.6) is 0 Å². The van der Waals surface area contributed by atoms with E-state index in [0.717, 1.165) is 5.69 Å². The molecule has 7 heteroatoms. The van der Waals surface area contributed by atoms with Crippen LogP contribution < -0.4 is 5.32 Å². The lowest BCUT2D eigenvalue weighted by molar-refractivity contribution is 0.511. The molecule has 0 bridgehead atoms. The van der Waals surface area contributed by atoms with E-state index in [1.165, 1.54) is 18.4 Å². The predicted molar refractivity (Wildman–Crippen MR) is 62.5 cm³/mol. The van der Waals surface area contributed by atoms with E-state index in [9.17, 15) is 8.42 Å². The van der Waals surface area contributed by atoms with Crippen LogP contribution in [0.2, 0.25) is 0 Å². The van der Waals surface area contributed by atoms with Gasteiger partial charge in [0.1, 0.15) is 0 Å². The van der Waals surface area contributed by atoms with Gasteiger partial charge in [0.25, 0.3) is 0 Å². The number of aromatic amines is 1. The first-order valence-electron chi connectivity index (χ1n) is 5.06. The Morgan fingerprint density at radius 1 is 1.56 bits per heavy atom. The Morgan fingerprint density at radius 3 is 2.75 bits per heavy atom. The number of sulfonamides is 1. The Labute approximate surface area is 96.1 Å². The Hall–Kier alpha value is -0.920. The summed E-state index contributed by atoms with van der Waals surface area (Å²) < 4.78 is 24.2. The number of H-pyrrole nitrogens is 1. The quantitative estimate of drug-likeness (QED) is 0.738. The van der Waals surface area contributed by atoms with Crippen LogP contribution >= 0.6 is 0 Å². The van der Waals surface area contributed by atoms with Crippen molar-refractivity contribution < 1.29 is 8.42 Å². The summed E-state index contributed by atoms with van der Waals surface area (Å²) >= 11 is 0. The van der Waals surface area contributed by atoms with Gasteiger partial charge in [-0.2, -0.15) is 5.10 Å². The molecule has 0 aliphatic carbocycles. The fourth-order valence-corrected chi connectivity index (χ4v) is 1.95. The van der Waals surface area contributed by atoms with Crippen molar-refractivity contribution in [3.63, 3.8) is 0 Å². The normalized spacial score (nSPS) is 14.2. The average molecular weight is 246 g/mol. The van der Waals surface area contributed by atoms with E-state index in [1.54, 1.807) is 6.20 Å². The topological polar surface area (TPSA) is 78.1 Å². The van der Waals surface area contributed by atoms with Gasteiger partial charge in [0.15, 0.2) is 0 Å². The predicted octanol–water partition coefficient (Wildman–Crippen LogP) is -0.0483. The molecule has 0 radical (unpaired) electrons. The highest BCUT2D eigenvalue weighted by Gasteiger charge is 2.14. The third-order valence-electron chi connectivity index (χ3n) is 2.36. The molecule has 1 aromatic rings. The van der Waals surface area contributed by atoms with E-state index in [0.29, 0.717) is 6.54 Å². The number of hydrogen-bond donors (Lipinski definition) is 2. The Morgan fingerprint density at radius 2 is 2.25 bits per heavy atom. The van der Waals surface area contributed by atoms with Crippen molar-refractivity contribution in [1.29, 1.82) is 0 Å². The van der Waals surface area contributed by atoms with Gasteiger partial charge in [-0.25, -0.2) is 12.7 Å². The van der Waals surface area contributed by atoms with Crippen molar-refractivity contribution in [3.8, 4) is 0 Å². The summed E-state index contributed by atoms with van der Waals surface area (Å²) in [6.45, 7) is 2.37. The lowest BCUT2D eigenvalue weighted by atomic mass is 10.2. The number of rotatable bonds is 6. The van der Waals surface area contributed by atoms with Gasteiger partial charge in [0, 0.05) is 32.9 Å². The molecule has 0 spiro atoms. The molecule has 0 aliphatic heterocycles.